The van der Waals surface area contributed by atoms with Gasteiger partial charge in [0.15, 0.2) is 5.82 Å². The van der Waals surface area contributed by atoms with Crippen LogP contribution in [0.3, 0.4) is 0 Å². The van der Waals surface area contributed by atoms with Crippen LogP contribution in [0.15, 0.2) is 12.4 Å². The largest absolute Gasteiger partial charge is 0.363 e. The Morgan fingerprint density at radius 1 is 1.54 bits per heavy atom. The molecule has 13 heavy (non-hydrogen) atoms. The Morgan fingerprint density at radius 3 is 2.38 bits per heavy atom. The smallest absolute Gasteiger partial charge is 0.284 e. The monoisotopic (exact) mass is 183 g/mol. The minimum absolute atomic E-state index is 0.222. The number of hydrogen-bond donors (Lipinski definition) is 1. The summed E-state index contributed by atoms with van der Waals surface area (Å²) in [5, 5.41) is 0. The number of rotatable bonds is 2. The Morgan fingerprint density at radius 2 is 2.08 bits per heavy atom. The lowest BCUT2D eigenvalue weighted by Crippen LogP contribution is -2.18. The highest BCUT2D eigenvalue weighted by atomic mass is 16.1. The summed E-state index contributed by atoms with van der Waals surface area (Å²) >= 11 is 0. The Hall–Kier alpha value is -1.32. The van der Waals surface area contributed by atoms with E-state index in [-0.39, 0.29) is 6.04 Å². The van der Waals surface area contributed by atoms with E-state index in [1.807, 2.05) is 27.7 Å². The second kappa shape index (κ2) is 5.35. The molecule has 0 aliphatic carbocycles. The van der Waals surface area contributed by atoms with Crippen molar-refractivity contribution in [3.63, 3.8) is 0 Å². The Bertz CT molecular complexity index is 266. The van der Waals surface area contributed by atoms with Crippen molar-refractivity contribution in [1.82, 2.24) is 9.55 Å². The van der Waals surface area contributed by atoms with Gasteiger partial charge in [0.1, 0.15) is 0 Å². The molecule has 0 aromatic carbocycles. The highest BCUT2D eigenvalue weighted by Gasteiger charge is 2.09. The van der Waals surface area contributed by atoms with Gasteiger partial charge in [0.25, 0.3) is 5.91 Å². The molecule has 0 aliphatic heterocycles. The lowest BCUT2D eigenvalue weighted by Gasteiger charge is -2.07. The number of nitrogens with zero attached hydrogens (tertiary/aromatic N) is 2. The molecule has 74 valence electrons. The van der Waals surface area contributed by atoms with Gasteiger partial charge in [0, 0.05) is 18.4 Å². The van der Waals surface area contributed by atoms with Gasteiger partial charge in [-0.3, -0.25) is 4.79 Å². The molecule has 1 heterocycles. The van der Waals surface area contributed by atoms with Gasteiger partial charge < -0.3 is 10.3 Å². The van der Waals surface area contributed by atoms with E-state index in [1.54, 1.807) is 17.0 Å². The molecule has 1 rings (SSSR count). The predicted molar refractivity (Wildman–Crippen MR) is 52.5 cm³/mol. The predicted octanol–water partition coefficient (Wildman–Crippen LogP) is 1.59. The summed E-state index contributed by atoms with van der Waals surface area (Å²) in [6.07, 6.45) is 3.31. The average molecular weight is 183 g/mol. The zero-order chi connectivity index (χ0) is 10.4. The Labute approximate surface area is 78.8 Å². The molecule has 4 heteroatoms. The molecule has 0 radical (unpaired) electrons. The van der Waals surface area contributed by atoms with Crippen LogP contribution >= 0.6 is 0 Å². The fourth-order valence-corrected chi connectivity index (χ4v) is 0.921. The van der Waals surface area contributed by atoms with Gasteiger partial charge in [-0.25, -0.2) is 4.98 Å². The molecule has 1 aromatic rings. The molecule has 0 saturated carbocycles. The SMILES string of the molecule is CC.CC(C)n1ccnc1C(N)=O. The summed E-state index contributed by atoms with van der Waals surface area (Å²) < 4.78 is 1.74. The third-order valence-corrected chi connectivity index (χ3v) is 1.45. The van der Waals surface area contributed by atoms with Gasteiger partial charge in [-0.2, -0.15) is 0 Å². The lowest BCUT2D eigenvalue weighted by molar-refractivity contribution is 0.0985. The Kier molecular flexibility index (Phi) is 4.80. The number of hydrogen-bond acceptors (Lipinski definition) is 2. The van der Waals surface area contributed by atoms with Gasteiger partial charge in [0.05, 0.1) is 0 Å². The Balaban J connectivity index is 0.000000671. The van der Waals surface area contributed by atoms with E-state index in [4.69, 9.17) is 5.73 Å². The molecule has 1 amide bonds. The number of carbonyl (C=O) groups is 1. The van der Waals surface area contributed by atoms with Gasteiger partial charge in [-0.15, -0.1) is 0 Å². The van der Waals surface area contributed by atoms with Gasteiger partial charge in [0.2, 0.25) is 0 Å². The number of primary amides is 1. The molecule has 0 fully saturated rings. The fraction of sp³-hybridized carbons (Fsp3) is 0.556. The summed E-state index contributed by atoms with van der Waals surface area (Å²) in [5.41, 5.74) is 5.07. The second-order valence-corrected chi connectivity index (χ2v) is 2.62. The molecule has 4 nitrogen and oxygen atoms in total. The van der Waals surface area contributed by atoms with Crippen molar-refractivity contribution in [1.29, 1.82) is 0 Å². The van der Waals surface area contributed by atoms with Crippen LogP contribution in [-0.4, -0.2) is 15.5 Å². The molecule has 0 aliphatic rings. The van der Waals surface area contributed by atoms with E-state index in [2.05, 4.69) is 4.98 Å². The summed E-state index contributed by atoms with van der Waals surface area (Å²) in [6, 6.07) is 0.222. The quantitative estimate of drug-likeness (QED) is 0.756. The number of carbonyl (C=O) groups excluding carboxylic acids is 1. The van der Waals surface area contributed by atoms with Crippen LogP contribution in [0.1, 0.15) is 44.4 Å². The first-order chi connectivity index (χ1) is 6.13. The molecule has 1 aromatic heterocycles. The maximum absolute atomic E-state index is 10.7. The summed E-state index contributed by atoms with van der Waals surface area (Å²) in [7, 11) is 0. The highest BCUT2D eigenvalue weighted by molar-refractivity contribution is 5.89. The summed E-state index contributed by atoms with van der Waals surface area (Å²) in [6.45, 7) is 7.93. The zero-order valence-corrected chi connectivity index (χ0v) is 8.61. The first-order valence-electron chi connectivity index (χ1n) is 4.45. The van der Waals surface area contributed by atoms with E-state index in [0.717, 1.165) is 0 Å². The fourth-order valence-electron chi connectivity index (χ4n) is 0.921. The van der Waals surface area contributed by atoms with Crippen LogP contribution in [0.2, 0.25) is 0 Å². The van der Waals surface area contributed by atoms with Crippen molar-refractivity contribution in [2.24, 2.45) is 5.73 Å². The van der Waals surface area contributed by atoms with Gasteiger partial charge in [-0.05, 0) is 13.8 Å². The minimum atomic E-state index is -0.483. The number of imidazole rings is 1. The first-order valence-corrected chi connectivity index (χ1v) is 4.45. The maximum Gasteiger partial charge on any atom is 0.284 e. The maximum atomic E-state index is 10.7. The average Bonchev–Trinajstić information content (AvgIpc) is 2.55. The van der Waals surface area contributed by atoms with Crippen molar-refractivity contribution in [2.45, 2.75) is 33.7 Å². The standard InChI is InChI=1S/C7H11N3O.C2H6/c1-5(2)10-4-3-9-7(10)6(8)11;1-2/h3-5H,1-2H3,(H2,8,11);1-2H3. The van der Waals surface area contributed by atoms with Crippen LogP contribution in [0.25, 0.3) is 0 Å². The van der Waals surface area contributed by atoms with Crippen molar-refractivity contribution in [3.8, 4) is 0 Å². The van der Waals surface area contributed by atoms with Crippen molar-refractivity contribution < 1.29 is 4.79 Å². The normalized spacial score (nSPS) is 9.31. The third-order valence-electron chi connectivity index (χ3n) is 1.45. The van der Waals surface area contributed by atoms with Crippen molar-refractivity contribution in [3.05, 3.63) is 18.2 Å². The van der Waals surface area contributed by atoms with Gasteiger partial charge >= 0.3 is 0 Å². The molecule has 2 N–H and O–H groups in total. The van der Waals surface area contributed by atoms with Crippen LogP contribution in [-0.2, 0) is 0 Å². The number of aromatic nitrogens is 2. The number of nitrogens with two attached hydrogens (primary N) is 1. The summed E-state index contributed by atoms with van der Waals surface area (Å²) in [4.78, 5) is 14.6. The van der Waals surface area contributed by atoms with E-state index in [9.17, 15) is 4.79 Å². The van der Waals surface area contributed by atoms with Crippen LogP contribution in [0, 0.1) is 0 Å². The third kappa shape index (κ3) is 2.89. The van der Waals surface area contributed by atoms with Crippen LogP contribution < -0.4 is 5.73 Å². The molecular weight excluding hydrogens is 166 g/mol. The van der Waals surface area contributed by atoms with Crippen LogP contribution in [0.4, 0.5) is 0 Å². The topological polar surface area (TPSA) is 60.9 Å². The first kappa shape index (κ1) is 11.7. The van der Waals surface area contributed by atoms with Crippen molar-refractivity contribution >= 4 is 5.91 Å². The highest BCUT2D eigenvalue weighted by Crippen LogP contribution is 2.06. The van der Waals surface area contributed by atoms with E-state index in [0.29, 0.717) is 5.82 Å². The zero-order valence-electron chi connectivity index (χ0n) is 8.61. The van der Waals surface area contributed by atoms with Crippen LogP contribution in [0.5, 0.6) is 0 Å². The van der Waals surface area contributed by atoms with E-state index >= 15 is 0 Å². The number of amides is 1. The minimum Gasteiger partial charge on any atom is -0.363 e. The van der Waals surface area contributed by atoms with Crippen molar-refractivity contribution in [2.75, 3.05) is 0 Å². The molecular formula is C9H17N3O. The molecule has 0 bridgehead atoms. The van der Waals surface area contributed by atoms with E-state index < -0.39 is 5.91 Å². The molecule has 0 spiro atoms. The van der Waals surface area contributed by atoms with E-state index in [1.165, 1.54) is 0 Å². The molecule has 0 atom stereocenters. The molecule has 0 unspecified atom stereocenters. The lowest BCUT2D eigenvalue weighted by atomic mass is 10.4. The molecule has 0 saturated heterocycles. The summed E-state index contributed by atoms with van der Waals surface area (Å²) in [5.74, 6) is -0.163. The second-order valence-electron chi connectivity index (χ2n) is 2.62. The van der Waals surface area contributed by atoms with Gasteiger partial charge in [-0.1, -0.05) is 13.8 Å².